The van der Waals surface area contributed by atoms with Gasteiger partial charge in [-0.1, -0.05) is 41.4 Å². The van der Waals surface area contributed by atoms with Crippen LogP contribution >= 0.6 is 35.0 Å². The first kappa shape index (κ1) is 23.3. The molecule has 0 aromatic heterocycles. The number of aryl methyl sites for hydroxylation is 1. The highest BCUT2D eigenvalue weighted by Gasteiger charge is 2.35. The van der Waals surface area contributed by atoms with Crippen LogP contribution in [-0.2, 0) is 4.79 Å². The number of carbonyl (C=O) groups is 2. The number of hydrogen-bond acceptors (Lipinski definition) is 4. The van der Waals surface area contributed by atoms with Crippen LogP contribution in [0.1, 0.15) is 16.5 Å². The van der Waals surface area contributed by atoms with Gasteiger partial charge in [-0.2, -0.15) is 0 Å². The first-order chi connectivity index (χ1) is 15.9. The number of halogens is 2. The Morgan fingerprint density at radius 3 is 2.39 bits per heavy atom. The molecular weight excluding hydrogens is 481 g/mol. The second kappa shape index (κ2) is 9.95. The number of rotatable bonds is 5. The number of amides is 3. The number of nitrogens with one attached hydrogen (secondary N) is 2. The van der Waals surface area contributed by atoms with Gasteiger partial charge in [0.05, 0.1) is 28.6 Å². The molecule has 0 saturated carbocycles. The molecule has 9 heteroatoms. The number of ether oxygens (including phenoxy) is 1. The van der Waals surface area contributed by atoms with Crippen LogP contribution in [-0.4, -0.2) is 24.8 Å². The van der Waals surface area contributed by atoms with Gasteiger partial charge in [-0.15, -0.1) is 11.8 Å². The summed E-state index contributed by atoms with van der Waals surface area (Å²) in [6.45, 7) is 1.98. The Bertz CT molecular complexity index is 1200. The maximum Gasteiger partial charge on any atom is 0.323 e. The van der Waals surface area contributed by atoms with Crippen LogP contribution in [0.2, 0.25) is 10.0 Å². The van der Waals surface area contributed by atoms with E-state index in [1.54, 1.807) is 54.1 Å². The molecule has 170 valence electrons. The molecule has 6 nitrogen and oxygen atoms in total. The van der Waals surface area contributed by atoms with Crippen LogP contribution in [0.5, 0.6) is 5.75 Å². The number of nitrogens with zero attached hydrogens (tertiary/aromatic N) is 1. The summed E-state index contributed by atoms with van der Waals surface area (Å²) in [6.07, 6.45) is 0. The molecule has 1 unspecified atom stereocenters. The van der Waals surface area contributed by atoms with E-state index in [0.717, 1.165) is 16.8 Å². The van der Waals surface area contributed by atoms with Gasteiger partial charge >= 0.3 is 6.03 Å². The number of methoxy groups -OCH3 is 1. The highest BCUT2D eigenvalue weighted by molar-refractivity contribution is 8.00. The second-order valence-corrected chi connectivity index (χ2v) is 9.32. The summed E-state index contributed by atoms with van der Waals surface area (Å²) in [6, 6.07) is 17.7. The lowest BCUT2D eigenvalue weighted by atomic mass is 10.1. The number of thioether (sulfide) groups is 1. The molecule has 1 atom stereocenters. The van der Waals surface area contributed by atoms with Crippen molar-refractivity contribution in [1.29, 1.82) is 0 Å². The molecule has 1 fully saturated rings. The van der Waals surface area contributed by atoms with E-state index in [1.165, 1.54) is 0 Å². The molecule has 3 amide bonds. The maximum absolute atomic E-state index is 12.7. The van der Waals surface area contributed by atoms with Gasteiger partial charge in [0.25, 0.3) is 0 Å². The van der Waals surface area contributed by atoms with Gasteiger partial charge < -0.3 is 15.4 Å². The maximum atomic E-state index is 12.7. The average molecular weight is 502 g/mol. The van der Waals surface area contributed by atoms with Gasteiger partial charge in [-0.3, -0.25) is 9.69 Å². The minimum Gasteiger partial charge on any atom is -0.495 e. The van der Waals surface area contributed by atoms with E-state index in [-0.39, 0.29) is 11.3 Å². The summed E-state index contributed by atoms with van der Waals surface area (Å²) in [4.78, 5) is 26.8. The number of benzene rings is 3. The second-order valence-electron chi connectivity index (χ2n) is 7.43. The van der Waals surface area contributed by atoms with Crippen LogP contribution in [0.4, 0.5) is 21.9 Å². The molecular formula is C24H21Cl2N3O3S. The van der Waals surface area contributed by atoms with Gasteiger partial charge in [0.1, 0.15) is 11.1 Å². The number of carbonyl (C=O) groups excluding carboxylic acids is 2. The minimum atomic E-state index is -0.405. The van der Waals surface area contributed by atoms with Crippen molar-refractivity contribution in [1.82, 2.24) is 0 Å². The highest BCUT2D eigenvalue weighted by Crippen LogP contribution is 2.45. The first-order valence-corrected chi connectivity index (χ1v) is 11.9. The lowest BCUT2D eigenvalue weighted by molar-refractivity contribution is -0.115. The smallest absolute Gasteiger partial charge is 0.323 e. The zero-order valence-electron chi connectivity index (χ0n) is 17.9. The SMILES string of the molecule is COc1ccc(C)cc1N1C(=O)CSC1c1ccc(NC(=O)Nc2ccc(Cl)c(Cl)c2)cc1. The summed E-state index contributed by atoms with van der Waals surface area (Å²) < 4.78 is 5.50. The zero-order chi connectivity index (χ0) is 23.5. The number of anilines is 3. The molecule has 4 rings (SSSR count). The largest absolute Gasteiger partial charge is 0.495 e. The number of urea groups is 1. The Kier molecular flexibility index (Phi) is 7.02. The van der Waals surface area contributed by atoms with Crippen molar-refractivity contribution >= 4 is 64.0 Å². The van der Waals surface area contributed by atoms with Gasteiger partial charge in [-0.05, 0) is 60.5 Å². The predicted octanol–water partition coefficient (Wildman–Crippen LogP) is 6.73. The van der Waals surface area contributed by atoms with Crippen molar-refractivity contribution in [2.24, 2.45) is 0 Å². The normalized spacial score (nSPS) is 15.5. The van der Waals surface area contributed by atoms with Crippen LogP contribution in [0.3, 0.4) is 0 Å². The highest BCUT2D eigenvalue weighted by atomic mass is 35.5. The Balaban J connectivity index is 1.49. The quantitative estimate of drug-likeness (QED) is 0.406. The van der Waals surface area contributed by atoms with Crippen molar-refractivity contribution in [2.45, 2.75) is 12.3 Å². The first-order valence-electron chi connectivity index (χ1n) is 10.1. The fraction of sp³-hybridized carbons (Fsp3) is 0.167. The average Bonchev–Trinajstić information content (AvgIpc) is 3.18. The standard InChI is InChI=1S/C24H21Cl2N3O3S/c1-14-3-10-21(32-2)20(11-14)29-22(30)13-33-23(29)15-4-6-16(7-5-15)27-24(31)28-17-8-9-18(25)19(26)12-17/h3-12,23H,13H2,1-2H3,(H2,27,28,31). The van der Waals surface area contributed by atoms with Crippen LogP contribution < -0.4 is 20.3 Å². The predicted molar refractivity (Wildman–Crippen MR) is 136 cm³/mol. The summed E-state index contributed by atoms with van der Waals surface area (Å²) in [5.74, 6) is 1.06. The topological polar surface area (TPSA) is 70.7 Å². The Morgan fingerprint density at radius 2 is 1.70 bits per heavy atom. The van der Waals surface area contributed by atoms with Gasteiger partial charge in [0, 0.05) is 11.4 Å². The van der Waals surface area contributed by atoms with Gasteiger partial charge in [-0.25, -0.2) is 4.79 Å². The third kappa shape index (κ3) is 5.21. The van der Waals surface area contributed by atoms with Gasteiger partial charge in [0.2, 0.25) is 5.91 Å². The van der Waals surface area contributed by atoms with Crippen molar-refractivity contribution in [3.8, 4) is 5.75 Å². The van der Waals surface area contributed by atoms with E-state index in [9.17, 15) is 9.59 Å². The molecule has 1 aliphatic heterocycles. The summed E-state index contributed by atoms with van der Waals surface area (Å²) >= 11 is 13.4. The Hall–Kier alpha value is -2.87. The molecule has 0 aliphatic carbocycles. The van der Waals surface area contributed by atoms with E-state index < -0.39 is 6.03 Å². The molecule has 1 heterocycles. The van der Waals surface area contributed by atoms with Crippen molar-refractivity contribution in [3.05, 3.63) is 81.8 Å². The molecule has 3 aromatic rings. The van der Waals surface area contributed by atoms with E-state index in [4.69, 9.17) is 27.9 Å². The molecule has 3 aromatic carbocycles. The van der Waals surface area contributed by atoms with Gasteiger partial charge in [0.15, 0.2) is 0 Å². The summed E-state index contributed by atoms with van der Waals surface area (Å²) in [5.41, 5.74) is 3.89. The summed E-state index contributed by atoms with van der Waals surface area (Å²) in [7, 11) is 1.60. The minimum absolute atomic E-state index is 0.0251. The fourth-order valence-electron chi connectivity index (χ4n) is 3.52. The van der Waals surface area contributed by atoms with E-state index >= 15 is 0 Å². The third-order valence-electron chi connectivity index (χ3n) is 5.09. The molecule has 0 bridgehead atoms. The third-order valence-corrected chi connectivity index (χ3v) is 7.04. The van der Waals surface area contributed by atoms with Crippen LogP contribution in [0.15, 0.2) is 60.7 Å². The Labute approximate surface area is 206 Å². The lowest BCUT2D eigenvalue weighted by Crippen LogP contribution is -2.28. The van der Waals surface area contributed by atoms with Crippen LogP contribution in [0.25, 0.3) is 0 Å². The molecule has 2 N–H and O–H groups in total. The molecule has 33 heavy (non-hydrogen) atoms. The van der Waals surface area contributed by atoms with E-state index in [2.05, 4.69) is 10.6 Å². The monoisotopic (exact) mass is 501 g/mol. The number of hydrogen-bond donors (Lipinski definition) is 2. The van der Waals surface area contributed by atoms with Crippen molar-refractivity contribution in [3.63, 3.8) is 0 Å². The Morgan fingerprint density at radius 1 is 1.00 bits per heavy atom. The lowest BCUT2D eigenvalue weighted by Gasteiger charge is -2.26. The van der Waals surface area contributed by atoms with E-state index in [1.807, 2.05) is 37.3 Å². The molecule has 0 radical (unpaired) electrons. The molecule has 0 spiro atoms. The fourth-order valence-corrected chi connectivity index (χ4v) is 4.99. The molecule has 1 saturated heterocycles. The summed E-state index contributed by atoms with van der Waals surface area (Å²) in [5, 5.41) is 6.09. The molecule has 1 aliphatic rings. The van der Waals surface area contributed by atoms with E-state index in [0.29, 0.717) is 32.9 Å². The zero-order valence-corrected chi connectivity index (χ0v) is 20.2. The van der Waals surface area contributed by atoms with Crippen LogP contribution in [0, 0.1) is 6.92 Å². The van der Waals surface area contributed by atoms with Crippen molar-refractivity contribution < 1.29 is 14.3 Å². The van der Waals surface area contributed by atoms with Crippen molar-refractivity contribution in [2.75, 3.05) is 28.4 Å².